The Morgan fingerprint density at radius 2 is 1.67 bits per heavy atom. The molecule has 0 spiro atoms. The van der Waals surface area contributed by atoms with Gasteiger partial charge in [-0.3, -0.25) is 0 Å². The van der Waals surface area contributed by atoms with E-state index in [1.807, 2.05) is 0 Å². The standard InChI is InChI=1S/C5H4F6O/c1-3(7)12-5(10,11)4(8,9)2-6/h1-2H2. The zero-order valence-corrected chi connectivity index (χ0v) is 5.59. The summed E-state index contributed by atoms with van der Waals surface area (Å²) in [6, 6.07) is -2.10. The molecule has 0 rings (SSSR count). The molecule has 0 aliphatic carbocycles. The molecule has 0 saturated heterocycles. The van der Waals surface area contributed by atoms with Crippen molar-refractivity contribution in [1.29, 1.82) is 0 Å². The van der Waals surface area contributed by atoms with E-state index < -0.39 is 24.7 Å². The quantitative estimate of drug-likeness (QED) is 0.493. The van der Waals surface area contributed by atoms with Gasteiger partial charge in [-0.1, -0.05) is 0 Å². The van der Waals surface area contributed by atoms with E-state index in [4.69, 9.17) is 0 Å². The molecule has 1 nitrogen and oxygen atoms in total. The molecular weight excluding hydrogens is 190 g/mol. The van der Waals surface area contributed by atoms with Crippen LogP contribution in [0, 0.1) is 0 Å². The first-order valence-corrected chi connectivity index (χ1v) is 2.58. The van der Waals surface area contributed by atoms with Crippen LogP contribution in [-0.4, -0.2) is 18.7 Å². The monoisotopic (exact) mass is 194 g/mol. The highest BCUT2D eigenvalue weighted by molar-refractivity contribution is 4.80. The third-order valence-corrected chi connectivity index (χ3v) is 0.833. The fourth-order valence-corrected chi connectivity index (χ4v) is 0.292. The van der Waals surface area contributed by atoms with Gasteiger partial charge in [0.1, 0.15) is 0 Å². The van der Waals surface area contributed by atoms with Crippen LogP contribution in [0.2, 0.25) is 0 Å². The Bertz CT molecular complexity index is 177. The van der Waals surface area contributed by atoms with Crippen LogP contribution in [0.25, 0.3) is 0 Å². The smallest absolute Gasteiger partial charge is 0.402 e. The Balaban J connectivity index is 4.48. The predicted octanol–water partition coefficient (Wildman–Crippen LogP) is 2.64. The molecule has 0 saturated carbocycles. The Morgan fingerprint density at radius 3 is 1.92 bits per heavy atom. The zero-order valence-electron chi connectivity index (χ0n) is 5.59. The SMILES string of the molecule is C=C(F)OC(F)(F)C(F)(F)CF. The van der Waals surface area contributed by atoms with Crippen molar-refractivity contribution in [3.8, 4) is 0 Å². The molecule has 0 aromatic carbocycles. The Labute approximate surface area is 63.6 Å². The highest BCUT2D eigenvalue weighted by Crippen LogP contribution is 2.36. The summed E-state index contributed by atoms with van der Waals surface area (Å²) in [4.78, 5) is 0. The van der Waals surface area contributed by atoms with Gasteiger partial charge in [0.05, 0.1) is 0 Å². The summed E-state index contributed by atoms with van der Waals surface area (Å²) in [5, 5.41) is 0. The van der Waals surface area contributed by atoms with Crippen LogP contribution in [-0.2, 0) is 4.74 Å². The fourth-order valence-electron chi connectivity index (χ4n) is 0.292. The van der Waals surface area contributed by atoms with Gasteiger partial charge in [0.2, 0.25) is 0 Å². The second-order valence-electron chi connectivity index (χ2n) is 1.81. The van der Waals surface area contributed by atoms with Crippen LogP contribution in [0.4, 0.5) is 26.3 Å². The number of halogens is 6. The van der Waals surface area contributed by atoms with E-state index in [0.717, 1.165) is 0 Å². The summed E-state index contributed by atoms with van der Waals surface area (Å²) < 4.78 is 73.0. The molecular formula is C5H4F6O. The highest BCUT2D eigenvalue weighted by Gasteiger charge is 2.60. The molecule has 0 aliphatic heterocycles. The molecule has 0 fully saturated rings. The van der Waals surface area contributed by atoms with Crippen molar-refractivity contribution < 1.29 is 31.1 Å². The Hall–Kier alpha value is -0.880. The average molecular weight is 194 g/mol. The molecule has 7 heteroatoms. The van der Waals surface area contributed by atoms with Crippen LogP contribution >= 0.6 is 0 Å². The van der Waals surface area contributed by atoms with Crippen molar-refractivity contribution >= 4 is 0 Å². The van der Waals surface area contributed by atoms with Gasteiger partial charge in [0.15, 0.2) is 6.67 Å². The number of hydrogen-bond donors (Lipinski definition) is 0. The maximum atomic E-state index is 11.9. The fraction of sp³-hybridized carbons (Fsp3) is 0.600. The molecule has 0 unspecified atom stereocenters. The van der Waals surface area contributed by atoms with E-state index in [0.29, 0.717) is 0 Å². The minimum atomic E-state index is -5.21. The molecule has 0 aliphatic rings. The minimum Gasteiger partial charge on any atom is -0.402 e. The maximum Gasteiger partial charge on any atom is 0.468 e. The van der Waals surface area contributed by atoms with E-state index >= 15 is 0 Å². The van der Waals surface area contributed by atoms with Gasteiger partial charge in [0.25, 0.3) is 6.01 Å². The summed E-state index contributed by atoms with van der Waals surface area (Å²) >= 11 is 0. The van der Waals surface area contributed by atoms with Gasteiger partial charge in [0, 0.05) is 0 Å². The summed E-state index contributed by atoms with van der Waals surface area (Å²) in [7, 11) is 0. The van der Waals surface area contributed by atoms with Crippen LogP contribution in [0.5, 0.6) is 0 Å². The van der Waals surface area contributed by atoms with Crippen molar-refractivity contribution in [2.75, 3.05) is 6.67 Å². The Morgan fingerprint density at radius 1 is 1.25 bits per heavy atom. The molecule has 0 amide bonds. The van der Waals surface area contributed by atoms with Gasteiger partial charge >= 0.3 is 12.0 Å². The van der Waals surface area contributed by atoms with Gasteiger partial charge in [-0.25, -0.2) is 4.39 Å². The molecule has 0 radical (unpaired) electrons. The molecule has 0 atom stereocenters. The van der Waals surface area contributed by atoms with Crippen molar-refractivity contribution in [2.24, 2.45) is 0 Å². The number of rotatable bonds is 4. The molecule has 0 heterocycles. The lowest BCUT2D eigenvalue weighted by atomic mass is 10.3. The molecule has 0 N–H and O–H groups in total. The Kier molecular flexibility index (Phi) is 3.00. The number of ether oxygens (including phenoxy) is 1. The van der Waals surface area contributed by atoms with E-state index in [9.17, 15) is 26.3 Å². The van der Waals surface area contributed by atoms with Gasteiger partial charge in [-0.2, -0.15) is 22.0 Å². The van der Waals surface area contributed by atoms with Crippen molar-refractivity contribution in [3.05, 3.63) is 12.6 Å². The molecule has 0 aromatic rings. The van der Waals surface area contributed by atoms with Gasteiger partial charge in [-0.05, 0) is 6.58 Å². The van der Waals surface area contributed by atoms with E-state index in [2.05, 4.69) is 11.3 Å². The van der Waals surface area contributed by atoms with Crippen LogP contribution in [0.1, 0.15) is 0 Å². The third-order valence-electron chi connectivity index (χ3n) is 0.833. The molecule has 72 valence electrons. The second-order valence-corrected chi connectivity index (χ2v) is 1.81. The predicted molar refractivity (Wildman–Crippen MR) is 27.2 cm³/mol. The van der Waals surface area contributed by atoms with Crippen molar-refractivity contribution in [2.45, 2.75) is 12.0 Å². The first-order valence-electron chi connectivity index (χ1n) is 2.58. The lowest BCUT2D eigenvalue weighted by Crippen LogP contribution is -2.44. The van der Waals surface area contributed by atoms with Crippen LogP contribution < -0.4 is 0 Å². The van der Waals surface area contributed by atoms with Crippen LogP contribution in [0.15, 0.2) is 12.6 Å². The largest absolute Gasteiger partial charge is 0.468 e. The number of hydrogen-bond acceptors (Lipinski definition) is 1. The normalized spacial score (nSPS) is 12.8. The topological polar surface area (TPSA) is 9.23 Å². The highest BCUT2D eigenvalue weighted by atomic mass is 19.3. The van der Waals surface area contributed by atoms with Crippen LogP contribution in [0.3, 0.4) is 0 Å². The van der Waals surface area contributed by atoms with E-state index in [-0.39, 0.29) is 0 Å². The first-order chi connectivity index (χ1) is 5.23. The summed E-state index contributed by atoms with van der Waals surface area (Å²) in [5.41, 5.74) is 0. The summed E-state index contributed by atoms with van der Waals surface area (Å²) in [6.45, 7) is -0.482. The lowest BCUT2D eigenvalue weighted by Gasteiger charge is -2.22. The van der Waals surface area contributed by atoms with E-state index in [1.165, 1.54) is 0 Å². The summed E-state index contributed by atoms with van der Waals surface area (Å²) in [6.07, 6.45) is -5.21. The summed E-state index contributed by atoms with van der Waals surface area (Å²) in [5.74, 6) is -5.05. The van der Waals surface area contributed by atoms with Crippen molar-refractivity contribution in [1.82, 2.24) is 0 Å². The second kappa shape index (κ2) is 3.24. The van der Waals surface area contributed by atoms with E-state index in [1.54, 1.807) is 0 Å². The molecule has 0 aromatic heterocycles. The van der Waals surface area contributed by atoms with Gasteiger partial charge in [-0.15, -0.1) is 0 Å². The zero-order chi connectivity index (χ0) is 9.99. The molecule has 12 heavy (non-hydrogen) atoms. The third kappa shape index (κ3) is 2.31. The maximum absolute atomic E-state index is 11.9. The van der Waals surface area contributed by atoms with Crippen molar-refractivity contribution in [3.63, 3.8) is 0 Å². The van der Waals surface area contributed by atoms with Gasteiger partial charge < -0.3 is 4.74 Å². The molecule has 0 bridgehead atoms. The minimum absolute atomic E-state index is 2.10. The first kappa shape index (κ1) is 11.1. The average Bonchev–Trinajstić information content (AvgIpc) is 1.84. The number of alkyl halides is 5. The lowest BCUT2D eigenvalue weighted by molar-refractivity contribution is -0.341.